The number of aromatic nitrogens is 2. The normalized spacial score (nSPS) is 24.5. The molecule has 0 spiro atoms. The second-order valence-corrected chi connectivity index (χ2v) is 6.61. The van der Waals surface area contributed by atoms with Crippen LogP contribution in [0.4, 0.5) is 0 Å². The van der Waals surface area contributed by atoms with Gasteiger partial charge < -0.3 is 5.73 Å². The van der Waals surface area contributed by atoms with Crippen molar-refractivity contribution in [3.05, 3.63) is 40.4 Å². The Morgan fingerprint density at radius 2 is 2.08 bits per heavy atom. The van der Waals surface area contributed by atoms with Gasteiger partial charge in [0.15, 0.2) is 5.41 Å². The molecule has 25 heavy (non-hydrogen) atoms. The number of nitriles is 3. The monoisotopic (exact) mass is 332 g/mol. The summed E-state index contributed by atoms with van der Waals surface area (Å²) in [5.41, 5.74) is 7.82. The Balaban J connectivity index is 2.34. The van der Waals surface area contributed by atoms with Crippen molar-refractivity contribution in [3.8, 4) is 18.2 Å². The van der Waals surface area contributed by atoms with Crippen LogP contribution in [0.2, 0.25) is 0 Å². The molecular formula is C19H20N6. The summed E-state index contributed by atoms with van der Waals surface area (Å²) in [7, 11) is 0. The van der Waals surface area contributed by atoms with E-state index in [9.17, 15) is 15.8 Å². The summed E-state index contributed by atoms with van der Waals surface area (Å²) >= 11 is 0. The van der Waals surface area contributed by atoms with Crippen LogP contribution in [0.15, 0.2) is 29.1 Å². The van der Waals surface area contributed by atoms with E-state index in [0.717, 1.165) is 36.1 Å². The second-order valence-electron chi connectivity index (χ2n) is 6.61. The first-order valence-electron chi connectivity index (χ1n) is 8.51. The predicted octanol–water partition coefficient (Wildman–Crippen LogP) is 2.81. The van der Waals surface area contributed by atoms with Gasteiger partial charge >= 0.3 is 0 Å². The molecule has 0 aliphatic heterocycles. The molecule has 6 heteroatoms. The fraction of sp³-hybridized carbons (Fsp3) is 0.474. The molecule has 0 saturated heterocycles. The minimum absolute atomic E-state index is 0.0665. The van der Waals surface area contributed by atoms with Crippen LogP contribution in [-0.4, -0.2) is 9.78 Å². The first-order valence-corrected chi connectivity index (χ1v) is 8.51. The molecule has 2 aliphatic carbocycles. The Morgan fingerprint density at radius 1 is 1.36 bits per heavy atom. The quantitative estimate of drug-likeness (QED) is 0.894. The highest BCUT2D eigenvalue weighted by Gasteiger charge is 2.54. The van der Waals surface area contributed by atoms with Crippen LogP contribution in [-0.2, 0) is 6.54 Å². The van der Waals surface area contributed by atoms with Gasteiger partial charge in [0.1, 0.15) is 6.07 Å². The number of fused-ring (bicyclic) bond motifs is 1. The number of hydrogen-bond acceptors (Lipinski definition) is 5. The highest BCUT2D eigenvalue weighted by molar-refractivity contribution is 5.59. The summed E-state index contributed by atoms with van der Waals surface area (Å²) < 4.78 is 1.86. The standard InChI is InChI=1S/C19H20N6/c1-3-25-12(2)16(9-24-25)17-14-7-5-4-6-13(14)15(8-20)18(23)19(17,10-21)11-22/h6,9,14,17H,3-5,7,23H2,1-2H3/t14-,17-/m0/s1. The minimum Gasteiger partial charge on any atom is -0.399 e. The Hall–Kier alpha value is -3.04. The molecule has 1 aromatic rings. The Kier molecular flexibility index (Phi) is 4.11. The van der Waals surface area contributed by atoms with Crippen LogP contribution < -0.4 is 5.73 Å². The topological polar surface area (TPSA) is 115 Å². The van der Waals surface area contributed by atoms with Gasteiger partial charge in [0.05, 0.1) is 29.6 Å². The first kappa shape index (κ1) is 16.8. The molecule has 0 radical (unpaired) electrons. The zero-order chi connectivity index (χ0) is 18.2. The average molecular weight is 332 g/mol. The van der Waals surface area contributed by atoms with Gasteiger partial charge in [-0.15, -0.1) is 0 Å². The van der Waals surface area contributed by atoms with Gasteiger partial charge in [-0.2, -0.15) is 20.9 Å². The van der Waals surface area contributed by atoms with E-state index in [4.69, 9.17) is 5.73 Å². The first-order chi connectivity index (χ1) is 12.1. The van der Waals surface area contributed by atoms with Crippen LogP contribution in [0, 0.1) is 52.2 Å². The van der Waals surface area contributed by atoms with Gasteiger partial charge in [-0.05, 0) is 50.2 Å². The van der Waals surface area contributed by atoms with Crippen molar-refractivity contribution in [2.75, 3.05) is 0 Å². The van der Waals surface area contributed by atoms with E-state index in [1.807, 2.05) is 24.6 Å². The molecule has 3 rings (SSSR count). The molecule has 0 fully saturated rings. The number of nitrogens with two attached hydrogens (primary N) is 1. The van der Waals surface area contributed by atoms with Gasteiger partial charge in [0.2, 0.25) is 0 Å². The lowest BCUT2D eigenvalue weighted by Crippen LogP contribution is -2.42. The fourth-order valence-corrected chi connectivity index (χ4v) is 4.30. The van der Waals surface area contributed by atoms with Crippen molar-refractivity contribution >= 4 is 0 Å². The highest BCUT2D eigenvalue weighted by Crippen LogP contribution is 2.56. The number of hydrogen-bond donors (Lipinski definition) is 1. The van der Waals surface area contributed by atoms with Crippen molar-refractivity contribution < 1.29 is 0 Å². The lowest BCUT2D eigenvalue weighted by atomic mass is 9.57. The fourth-order valence-electron chi connectivity index (χ4n) is 4.30. The summed E-state index contributed by atoms with van der Waals surface area (Å²) in [6.45, 7) is 4.67. The van der Waals surface area contributed by atoms with E-state index >= 15 is 0 Å². The maximum atomic E-state index is 9.96. The third-order valence-electron chi connectivity index (χ3n) is 5.57. The molecule has 6 nitrogen and oxygen atoms in total. The SMILES string of the molecule is CCn1ncc([C@@H]2[C@H]3CCCC=C3C(C#N)=C(N)C2(C#N)C#N)c1C. The molecule has 0 unspecified atom stereocenters. The number of rotatable bonds is 2. The molecule has 1 aromatic heterocycles. The molecule has 2 atom stereocenters. The van der Waals surface area contributed by atoms with Crippen LogP contribution in [0.1, 0.15) is 43.4 Å². The van der Waals surface area contributed by atoms with Gasteiger partial charge in [-0.1, -0.05) is 6.08 Å². The summed E-state index contributed by atoms with van der Waals surface area (Å²) in [5, 5.41) is 33.9. The zero-order valence-corrected chi connectivity index (χ0v) is 14.5. The van der Waals surface area contributed by atoms with Gasteiger partial charge in [0, 0.05) is 18.2 Å². The lowest BCUT2D eigenvalue weighted by Gasteiger charge is -2.43. The minimum atomic E-state index is -1.54. The van der Waals surface area contributed by atoms with Gasteiger partial charge in [0.25, 0.3) is 0 Å². The lowest BCUT2D eigenvalue weighted by molar-refractivity contribution is 0.316. The van der Waals surface area contributed by atoms with Crippen LogP contribution in [0.25, 0.3) is 0 Å². The smallest absolute Gasteiger partial charge is 0.191 e. The predicted molar refractivity (Wildman–Crippen MR) is 91.3 cm³/mol. The maximum absolute atomic E-state index is 9.96. The third-order valence-corrected chi connectivity index (χ3v) is 5.57. The molecular weight excluding hydrogens is 312 g/mol. The van der Waals surface area contributed by atoms with Crippen molar-refractivity contribution in [2.45, 2.75) is 45.6 Å². The van der Waals surface area contributed by atoms with Crippen molar-refractivity contribution in [3.63, 3.8) is 0 Å². The van der Waals surface area contributed by atoms with Crippen molar-refractivity contribution in [1.29, 1.82) is 15.8 Å². The van der Waals surface area contributed by atoms with E-state index in [1.165, 1.54) is 0 Å². The molecule has 1 heterocycles. The van der Waals surface area contributed by atoms with Crippen LogP contribution >= 0.6 is 0 Å². The van der Waals surface area contributed by atoms with Gasteiger partial charge in [-0.25, -0.2) is 0 Å². The highest BCUT2D eigenvalue weighted by atomic mass is 15.3. The van der Waals surface area contributed by atoms with Crippen LogP contribution in [0.5, 0.6) is 0 Å². The second kappa shape index (κ2) is 6.11. The largest absolute Gasteiger partial charge is 0.399 e. The van der Waals surface area contributed by atoms with E-state index < -0.39 is 11.3 Å². The maximum Gasteiger partial charge on any atom is 0.191 e. The van der Waals surface area contributed by atoms with E-state index in [2.05, 4.69) is 23.3 Å². The van der Waals surface area contributed by atoms with Gasteiger partial charge in [-0.3, -0.25) is 4.68 Å². The summed E-state index contributed by atoms with van der Waals surface area (Å²) in [4.78, 5) is 0. The number of allylic oxidation sites excluding steroid dienone is 4. The Morgan fingerprint density at radius 3 is 2.64 bits per heavy atom. The molecule has 0 amide bonds. The average Bonchev–Trinajstić information content (AvgIpc) is 3.01. The summed E-state index contributed by atoms with van der Waals surface area (Å²) in [6.07, 6.45) is 6.49. The molecule has 126 valence electrons. The van der Waals surface area contributed by atoms with Crippen molar-refractivity contribution in [2.24, 2.45) is 17.1 Å². The molecule has 0 saturated carbocycles. The zero-order valence-electron chi connectivity index (χ0n) is 14.5. The molecule has 0 aromatic carbocycles. The molecule has 0 bridgehead atoms. The molecule has 2 aliphatic rings. The molecule has 2 N–H and O–H groups in total. The van der Waals surface area contributed by atoms with Crippen LogP contribution in [0.3, 0.4) is 0 Å². The summed E-state index contributed by atoms with van der Waals surface area (Å²) in [6, 6.07) is 6.46. The van der Waals surface area contributed by atoms with E-state index in [-0.39, 0.29) is 11.6 Å². The Bertz CT molecular complexity index is 882. The Labute approximate surface area is 147 Å². The third kappa shape index (κ3) is 2.17. The van der Waals surface area contributed by atoms with Crippen molar-refractivity contribution in [1.82, 2.24) is 9.78 Å². The number of nitrogens with zero attached hydrogens (tertiary/aromatic N) is 5. The van der Waals surface area contributed by atoms with E-state index in [0.29, 0.717) is 12.1 Å². The summed E-state index contributed by atoms with van der Waals surface area (Å²) in [5.74, 6) is -0.477. The number of aryl methyl sites for hydroxylation is 1. The van der Waals surface area contributed by atoms with E-state index in [1.54, 1.807) is 6.20 Å².